The van der Waals surface area contributed by atoms with Gasteiger partial charge in [-0.05, 0) is 38.3 Å². The molecule has 0 unspecified atom stereocenters. The molecule has 2 heterocycles. The zero-order valence-electron chi connectivity index (χ0n) is 15.4. The number of carbonyl (C=O) groups excluding carboxylic acids is 5. The van der Waals surface area contributed by atoms with Gasteiger partial charge in [-0.25, -0.2) is 4.79 Å². The van der Waals surface area contributed by atoms with Gasteiger partial charge in [0.05, 0.1) is 11.1 Å². The topological polar surface area (TPSA) is 127 Å². The Hall–Kier alpha value is -3.23. The van der Waals surface area contributed by atoms with Crippen molar-refractivity contribution in [1.82, 2.24) is 9.80 Å². The normalized spacial score (nSPS) is 20.0. The highest BCUT2D eigenvalue weighted by atomic mass is 16.5. The minimum atomic E-state index is -1.19. The maximum Gasteiger partial charge on any atom is 0.329 e. The Morgan fingerprint density at radius 2 is 1.75 bits per heavy atom. The van der Waals surface area contributed by atoms with Crippen molar-refractivity contribution in [1.29, 1.82) is 0 Å². The van der Waals surface area contributed by atoms with Crippen molar-refractivity contribution in [3.05, 3.63) is 35.4 Å². The van der Waals surface area contributed by atoms with Crippen LogP contribution in [0.3, 0.4) is 0 Å². The van der Waals surface area contributed by atoms with Crippen molar-refractivity contribution in [2.45, 2.75) is 38.3 Å². The summed E-state index contributed by atoms with van der Waals surface area (Å²) in [6.07, 6.45) is 1.99. The molecule has 2 aliphatic heterocycles. The minimum Gasteiger partial charge on any atom is -0.454 e. The monoisotopic (exact) mass is 387 g/mol. The van der Waals surface area contributed by atoms with Gasteiger partial charge in [0.15, 0.2) is 6.61 Å². The van der Waals surface area contributed by atoms with Crippen LogP contribution in [0.1, 0.15) is 46.9 Å². The van der Waals surface area contributed by atoms with E-state index in [1.165, 1.54) is 24.0 Å². The summed E-state index contributed by atoms with van der Waals surface area (Å²) in [5.41, 5.74) is 5.78. The summed E-state index contributed by atoms with van der Waals surface area (Å²) in [5.74, 6) is -3.18. The summed E-state index contributed by atoms with van der Waals surface area (Å²) in [6, 6.07) is 4.38. The molecule has 0 spiro atoms. The number of rotatable bonds is 5. The van der Waals surface area contributed by atoms with Gasteiger partial charge in [0.1, 0.15) is 12.1 Å². The van der Waals surface area contributed by atoms with E-state index in [0.717, 1.165) is 17.7 Å². The van der Waals surface area contributed by atoms with Gasteiger partial charge in [-0.3, -0.25) is 24.1 Å². The number of benzene rings is 1. The Labute approximate surface area is 161 Å². The molecule has 1 saturated heterocycles. The first-order chi connectivity index (χ1) is 13.3. The van der Waals surface area contributed by atoms with Crippen LogP contribution >= 0.6 is 0 Å². The van der Waals surface area contributed by atoms with Gasteiger partial charge in [-0.1, -0.05) is 12.1 Å². The van der Waals surface area contributed by atoms with Crippen LogP contribution in [0.15, 0.2) is 24.3 Å². The lowest BCUT2D eigenvalue weighted by molar-refractivity contribution is -0.157. The second-order valence-electron chi connectivity index (χ2n) is 6.81. The second-order valence-corrected chi connectivity index (χ2v) is 6.81. The zero-order valence-corrected chi connectivity index (χ0v) is 15.4. The number of hydrogen-bond acceptors (Lipinski definition) is 6. The number of amides is 4. The fraction of sp³-hybridized carbons (Fsp3) is 0.421. The van der Waals surface area contributed by atoms with E-state index in [1.54, 1.807) is 12.1 Å². The predicted molar refractivity (Wildman–Crippen MR) is 95.9 cm³/mol. The van der Waals surface area contributed by atoms with E-state index in [4.69, 9.17) is 10.5 Å². The molecule has 28 heavy (non-hydrogen) atoms. The molecule has 2 N–H and O–H groups in total. The average Bonchev–Trinajstić information content (AvgIpc) is 2.96. The Morgan fingerprint density at radius 3 is 2.32 bits per heavy atom. The molecular formula is C19H21N3O6. The summed E-state index contributed by atoms with van der Waals surface area (Å²) < 4.78 is 5.03. The fourth-order valence-electron chi connectivity index (χ4n) is 3.53. The van der Waals surface area contributed by atoms with Gasteiger partial charge in [-0.2, -0.15) is 0 Å². The molecule has 1 fully saturated rings. The summed E-state index contributed by atoms with van der Waals surface area (Å²) in [5, 5.41) is 0. The van der Waals surface area contributed by atoms with E-state index in [2.05, 4.69) is 0 Å². The van der Waals surface area contributed by atoms with E-state index in [-0.39, 0.29) is 11.1 Å². The number of ether oxygens (including phenoxy) is 1. The smallest absolute Gasteiger partial charge is 0.329 e. The molecule has 1 aromatic rings. The molecule has 2 aliphatic rings. The summed E-state index contributed by atoms with van der Waals surface area (Å²) >= 11 is 0. The first-order valence-electron chi connectivity index (χ1n) is 9.05. The first kappa shape index (κ1) is 19.5. The molecule has 9 heteroatoms. The Kier molecular flexibility index (Phi) is 5.43. The van der Waals surface area contributed by atoms with Crippen LogP contribution in [0, 0.1) is 0 Å². The van der Waals surface area contributed by atoms with Gasteiger partial charge in [-0.15, -0.1) is 0 Å². The number of piperidine rings is 1. The second kappa shape index (κ2) is 7.79. The van der Waals surface area contributed by atoms with Crippen LogP contribution in [0.5, 0.6) is 0 Å². The van der Waals surface area contributed by atoms with Gasteiger partial charge >= 0.3 is 5.97 Å². The molecule has 148 valence electrons. The predicted octanol–water partition coefficient (Wildman–Crippen LogP) is 0.0807. The van der Waals surface area contributed by atoms with Crippen molar-refractivity contribution >= 4 is 29.6 Å². The lowest BCUT2D eigenvalue weighted by Gasteiger charge is -2.33. The molecule has 0 bridgehead atoms. The van der Waals surface area contributed by atoms with Crippen molar-refractivity contribution in [3.63, 3.8) is 0 Å². The van der Waals surface area contributed by atoms with Crippen LogP contribution < -0.4 is 5.73 Å². The Bertz CT molecular complexity index is 817. The van der Waals surface area contributed by atoms with E-state index in [0.29, 0.717) is 13.0 Å². The SMILES string of the molecule is C[C@@H](C(=O)OCC(=O)N1CCCC[C@@H]1C(N)=O)N1C(=O)c2ccccc2C1=O. The minimum absolute atomic E-state index is 0.223. The number of nitrogens with zero attached hydrogens (tertiary/aromatic N) is 2. The van der Waals surface area contributed by atoms with Crippen LogP contribution in [0.4, 0.5) is 0 Å². The average molecular weight is 387 g/mol. The third-order valence-electron chi connectivity index (χ3n) is 5.04. The lowest BCUT2D eigenvalue weighted by Crippen LogP contribution is -2.52. The van der Waals surface area contributed by atoms with Crippen molar-refractivity contribution in [2.75, 3.05) is 13.2 Å². The van der Waals surface area contributed by atoms with Gasteiger partial charge in [0.25, 0.3) is 17.7 Å². The van der Waals surface area contributed by atoms with E-state index >= 15 is 0 Å². The molecule has 2 atom stereocenters. The summed E-state index contributed by atoms with van der Waals surface area (Å²) in [6.45, 7) is 1.13. The maximum absolute atomic E-state index is 12.4. The number of primary amides is 1. The standard InChI is InChI=1S/C19H21N3O6/c1-11(22-17(25)12-6-2-3-7-13(12)18(22)26)19(27)28-10-15(23)21-9-5-4-8-14(21)16(20)24/h2-3,6-7,11,14H,4-5,8-10H2,1H3,(H2,20,24)/t11-,14+/m0/s1. The molecule has 3 rings (SSSR count). The van der Waals surface area contributed by atoms with Crippen LogP contribution in [0.25, 0.3) is 0 Å². The van der Waals surface area contributed by atoms with Crippen molar-refractivity contribution < 1.29 is 28.7 Å². The summed E-state index contributed by atoms with van der Waals surface area (Å²) in [7, 11) is 0. The van der Waals surface area contributed by atoms with E-state index < -0.39 is 48.3 Å². The largest absolute Gasteiger partial charge is 0.454 e. The van der Waals surface area contributed by atoms with Crippen LogP contribution in [0.2, 0.25) is 0 Å². The first-order valence-corrected chi connectivity index (χ1v) is 9.05. The number of nitrogens with two attached hydrogens (primary N) is 1. The highest BCUT2D eigenvalue weighted by Crippen LogP contribution is 2.25. The number of imide groups is 1. The molecule has 0 aliphatic carbocycles. The van der Waals surface area contributed by atoms with Crippen molar-refractivity contribution in [3.8, 4) is 0 Å². The molecular weight excluding hydrogens is 366 g/mol. The zero-order chi connectivity index (χ0) is 20.4. The third-order valence-corrected chi connectivity index (χ3v) is 5.04. The number of esters is 1. The lowest BCUT2D eigenvalue weighted by atomic mass is 10.0. The van der Waals surface area contributed by atoms with Gasteiger partial charge in [0, 0.05) is 6.54 Å². The number of hydrogen-bond donors (Lipinski definition) is 1. The van der Waals surface area contributed by atoms with E-state index in [1.807, 2.05) is 0 Å². The molecule has 0 saturated carbocycles. The van der Waals surface area contributed by atoms with Gasteiger partial charge in [0.2, 0.25) is 5.91 Å². The maximum atomic E-state index is 12.4. The van der Waals surface area contributed by atoms with Crippen LogP contribution in [-0.2, 0) is 19.1 Å². The Morgan fingerprint density at radius 1 is 1.14 bits per heavy atom. The number of fused-ring (bicyclic) bond motifs is 1. The molecule has 0 radical (unpaired) electrons. The van der Waals surface area contributed by atoms with Crippen LogP contribution in [-0.4, -0.2) is 64.6 Å². The van der Waals surface area contributed by atoms with Crippen molar-refractivity contribution in [2.24, 2.45) is 5.73 Å². The molecule has 1 aromatic carbocycles. The van der Waals surface area contributed by atoms with Gasteiger partial charge < -0.3 is 15.4 Å². The number of carbonyl (C=O) groups is 5. The third kappa shape index (κ3) is 3.47. The highest BCUT2D eigenvalue weighted by molar-refractivity contribution is 6.22. The summed E-state index contributed by atoms with van der Waals surface area (Å²) in [4.78, 5) is 63.2. The van der Waals surface area contributed by atoms with E-state index in [9.17, 15) is 24.0 Å². The Balaban J connectivity index is 1.62. The number of likely N-dealkylation sites (tertiary alicyclic amines) is 1. The molecule has 9 nitrogen and oxygen atoms in total. The molecule has 0 aromatic heterocycles. The fourth-order valence-corrected chi connectivity index (χ4v) is 3.53. The molecule has 4 amide bonds. The highest BCUT2D eigenvalue weighted by Gasteiger charge is 2.41. The quantitative estimate of drug-likeness (QED) is 0.563.